The summed E-state index contributed by atoms with van der Waals surface area (Å²) in [5.74, 6) is -1.26. The number of hydrogen-bond acceptors (Lipinski definition) is 4. The average Bonchev–Trinajstić information content (AvgIpc) is 3.01. The highest BCUT2D eigenvalue weighted by atomic mass is 19.4. The Balaban J connectivity index is 1.82. The van der Waals surface area contributed by atoms with Crippen molar-refractivity contribution in [1.82, 2.24) is 4.90 Å². The second-order valence-corrected chi connectivity index (χ2v) is 7.03. The van der Waals surface area contributed by atoms with Gasteiger partial charge in [-0.15, -0.1) is 0 Å². The molecule has 10 heteroatoms. The molecule has 0 saturated carbocycles. The zero-order chi connectivity index (χ0) is 21.0. The van der Waals surface area contributed by atoms with E-state index in [-0.39, 0.29) is 18.1 Å². The third-order valence-corrected chi connectivity index (χ3v) is 5.32. The van der Waals surface area contributed by atoms with Crippen LogP contribution < -0.4 is 4.74 Å². The van der Waals surface area contributed by atoms with Gasteiger partial charge in [-0.25, -0.2) is 4.39 Å². The van der Waals surface area contributed by atoms with Crippen LogP contribution in [0.1, 0.15) is 24.0 Å². The smallest absolute Gasteiger partial charge is 0.417 e. The van der Waals surface area contributed by atoms with Gasteiger partial charge in [0.2, 0.25) is 0 Å². The van der Waals surface area contributed by atoms with Crippen molar-refractivity contribution in [2.75, 3.05) is 13.7 Å². The van der Waals surface area contributed by atoms with Crippen molar-refractivity contribution < 1.29 is 35.8 Å². The molecule has 2 aliphatic heterocycles. The molecule has 1 aliphatic carbocycles. The van der Waals surface area contributed by atoms with Crippen molar-refractivity contribution in [3.8, 4) is 5.75 Å². The van der Waals surface area contributed by atoms with Gasteiger partial charge in [-0.05, 0) is 42.5 Å². The molecule has 1 atom stereocenters. The number of rotatable bonds is 3. The van der Waals surface area contributed by atoms with Gasteiger partial charge in [0.1, 0.15) is 5.54 Å². The summed E-state index contributed by atoms with van der Waals surface area (Å²) < 4.78 is 89.4. The Morgan fingerprint density at radius 1 is 1.24 bits per heavy atom. The molecule has 1 aromatic rings. The van der Waals surface area contributed by atoms with E-state index in [4.69, 9.17) is 4.74 Å². The van der Waals surface area contributed by atoms with Crippen LogP contribution in [0.15, 0.2) is 40.7 Å². The molecule has 29 heavy (non-hydrogen) atoms. The minimum Gasteiger partial charge on any atom is -0.494 e. The van der Waals surface area contributed by atoms with E-state index in [0.717, 1.165) is 11.1 Å². The third-order valence-electron chi connectivity index (χ3n) is 5.32. The van der Waals surface area contributed by atoms with E-state index < -0.39 is 35.5 Å². The van der Waals surface area contributed by atoms with Crippen LogP contribution in [0.25, 0.3) is 0 Å². The Kier molecular flexibility index (Phi) is 4.54. The second kappa shape index (κ2) is 6.70. The largest absolute Gasteiger partial charge is 0.494 e. The predicted molar refractivity (Wildman–Crippen MR) is 91.0 cm³/mol. The molecule has 0 bridgehead atoms. The lowest BCUT2D eigenvalue weighted by Crippen LogP contribution is -2.37. The minimum absolute atomic E-state index is 0.0371. The van der Waals surface area contributed by atoms with Gasteiger partial charge in [0.05, 0.1) is 19.2 Å². The number of halogens is 6. The molecule has 2 heterocycles. The highest BCUT2D eigenvalue weighted by Gasteiger charge is 2.48. The van der Waals surface area contributed by atoms with Crippen LogP contribution in [0.5, 0.6) is 5.75 Å². The Morgan fingerprint density at radius 3 is 2.66 bits per heavy atom. The summed E-state index contributed by atoms with van der Waals surface area (Å²) in [5.41, 5.74) is -1.29. The van der Waals surface area contributed by atoms with Gasteiger partial charge in [0, 0.05) is 6.20 Å². The summed E-state index contributed by atoms with van der Waals surface area (Å²) in [5, 5.41) is 0. The van der Waals surface area contributed by atoms with Crippen molar-refractivity contribution >= 4 is 5.84 Å². The number of hydrogen-bond donors (Lipinski definition) is 0. The molecule has 1 aromatic carbocycles. The second-order valence-electron chi connectivity index (χ2n) is 7.03. The van der Waals surface area contributed by atoms with E-state index in [9.17, 15) is 26.3 Å². The summed E-state index contributed by atoms with van der Waals surface area (Å²) in [6.45, 7) is -3.35. The van der Waals surface area contributed by atoms with Gasteiger partial charge in [0.15, 0.2) is 23.2 Å². The quantitative estimate of drug-likeness (QED) is 0.670. The molecule has 4 rings (SSSR count). The number of amidine groups is 1. The standard InChI is InChI=1S/C19H16F6N2O2/c1-28-13-5-4-12-11(15(13)20)3-2-6-18(12)9-27-8-10(19(23,24)25)7-14(16(27)26-18)29-17(21)22/h4-5,7-8,17H,2-3,6,9H2,1H3/t18-/m1/s1. The maximum Gasteiger partial charge on any atom is 0.417 e. The molecule has 0 fully saturated rings. The molecule has 0 aromatic heterocycles. The zero-order valence-corrected chi connectivity index (χ0v) is 15.2. The van der Waals surface area contributed by atoms with Crippen LogP contribution in [0.3, 0.4) is 0 Å². The first-order chi connectivity index (χ1) is 13.6. The number of benzene rings is 1. The fourth-order valence-electron chi connectivity index (χ4n) is 4.12. The van der Waals surface area contributed by atoms with Gasteiger partial charge >= 0.3 is 12.8 Å². The zero-order valence-electron chi connectivity index (χ0n) is 15.2. The predicted octanol–water partition coefficient (Wildman–Crippen LogP) is 4.66. The molecule has 156 valence electrons. The Bertz CT molecular complexity index is 937. The third kappa shape index (κ3) is 3.24. The van der Waals surface area contributed by atoms with Gasteiger partial charge in [-0.2, -0.15) is 22.0 Å². The maximum atomic E-state index is 14.7. The van der Waals surface area contributed by atoms with Crippen molar-refractivity contribution in [2.24, 2.45) is 4.99 Å². The summed E-state index contributed by atoms with van der Waals surface area (Å²) >= 11 is 0. The lowest BCUT2D eigenvalue weighted by atomic mass is 9.76. The van der Waals surface area contributed by atoms with E-state index in [2.05, 4.69) is 9.73 Å². The van der Waals surface area contributed by atoms with Gasteiger partial charge in [0.25, 0.3) is 0 Å². The van der Waals surface area contributed by atoms with E-state index in [1.54, 1.807) is 6.07 Å². The molecule has 0 unspecified atom stereocenters. The normalized spacial score (nSPS) is 23.4. The molecule has 0 saturated heterocycles. The number of allylic oxidation sites excluding steroid dienone is 2. The highest BCUT2D eigenvalue weighted by molar-refractivity contribution is 6.00. The maximum absolute atomic E-state index is 14.7. The first-order valence-corrected chi connectivity index (χ1v) is 8.83. The molecular formula is C19H16F6N2O2. The van der Waals surface area contributed by atoms with Crippen LogP contribution >= 0.6 is 0 Å². The molecule has 0 amide bonds. The SMILES string of the molecule is COc1ccc2c(c1F)CCC[C@@]21CN2C=C(C(F)(F)F)C=C(OC(F)F)C2=N1. The lowest BCUT2D eigenvalue weighted by molar-refractivity contribution is -0.0981. The summed E-state index contributed by atoms with van der Waals surface area (Å²) in [6.07, 6.45) is -2.03. The molecule has 1 spiro atoms. The van der Waals surface area contributed by atoms with E-state index >= 15 is 0 Å². The van der Waals surface area contributed by atoms with Crippen LogP contribution in [-0.2, 0) is 16.7 Å². The fraction of sp³-hybridized carbons (Fsp3) is 0.421. The van der Waals surface area contributed by atoms with Gasteiger partial charge in [-0.3, -0.25) is 4.99 Å². The number of ether oxygens (including phenoxy) is 2. The van der Waals surface area contributed by atoms with Crippen LogP contribution in [0.4, 0.5) is 26.3 Å². The van der Waals surface area contributed by atoms with Gasteiger partial charge in [-0.1, -0.05) is 6.07 Å². The van der Waals surface area contributed by atoms with Crippen molar-refractivity contribution in [2.45, 2.75) is 37.6 Å². The molecule has 0 N–H and O–H groups in total. The Labute approximate surface area is 162 Å². The number of aliphatic imine (C=N–C) groups is 1. The van der Waals surface area contributed by atoms with Crippen molar-refractivity contribution in [3.05, 3.63) is 52.7 Å². The van der Waals surface area contributed by atoms with Crippen molar-refractivity contribution in [1.29, 1.82) is 0 Å². The van der Waals surface area contributed by atoms with E-state index in [0.29, 0.717) is 36.5 Å². The van der Waals surface area contributed by atoms with Crippen LogP contribution in [0.2, 0.25) is 0 Å². The first-order valence-electron chi connectivity index (χ1n) is 8.83. The van der Waals surface area contributed by atoms with Crippen LogP contribution in [0, 0.1) is 5.82 Å². The summed E-state index contributed by atoms with van der Waals surface area (Å²) in [7, 11) is 1.33. The number of alkyl halides is 5. The topological polar surface area (TPSA) is 34.1 Å². The fourth-order valence-corrected chi connectivity index (χ4v) is 4.12. The number of fused-ring (bicyclic) bond motifs is 3. The lowest BCUT2D eigenvalue weighted by Gasteiger charge is -2.34. The first kappa shape index (κ1) is 19.7. The summed E-state index contributed by atoms with van der Waals surface area (Å²) in [4.78, 5) is 5.64. The Hall–Kier alpha value is -2.65. The molecular weight excluding hydrogens is 402 g/mol. The molecule has 4 nitrogen and oxygen atoms in total. The highest BCUT2D eigenvalue weighted by Crippen LogP contribution is 2.47. The van der Waals surface area contributed by atoms with E-state index in [1.807, 2.05) is 0 Å². The number of methoxy groups -OCH3 is 1. The molecule has 3 aliphatic rings. The minimum atomic E-state index is -4.75. The monoisotopic (exact) mass is 418 g/mol. The Morgan fingerprint density at radius 2 is 2.00 bits per heavy atom. The molecule has 0 radical (unpaired) electrons. The summed E-state index contributed by atoms with van der Waals surface area (Å²) in [6, 6.07) is 3.06. The number of nitrogens with zero attached hydrogens (tertiary/aromatic N) is 2. The van der Waals surface area contributed by atoms with Gasteiger partial charge < -0.3 is 14.4 Å². The van der Waals surface area contributed by atoms with E-state index in [1.165, 1.54) is 13.2 Å². The average molecular weight is 418 g/mol. The van der Waals surface area contributed by atoms with Crippen LogP contribution in [-0.4, -0.2) is 37.2 Å². The van der Waals surface area contributed by atoms with Crippen molar-refractivity contribution in [3.63, 3.8) is 0 Å².